The summed E-state index contributed by atoms with van der Waals surface area (Å²) in [5, 5.41) is 10.1. The average molecular weight is 285 g/mol. The highest BCUT2D eigenvalue weighted by molar-refractivity contribution is 7.98. The molecule has 0 unspecified atom stereocenters. The summed E-state index contributed by atoms with van der Waals surface area (Å²) in [6.07, 6.45) is 3.54. The van der Waals surface area contributed by atoms with E-state index in [0.29, 0.717) is 5.69 Å². The van der Waals surface area contributed by atoms with Crippen molar-refractivity contribution in [2.24, 2.45) is 0 Å². The number of nitrogens with one attached hydrogen (secondary N) is 1. The van der Waals surface area contributed by atoms with Crippen LogP contribution in [0.2, 0.25) is 0 Å². The molecule has 0 aliphatic heterocycles. The summed E-state index contributed by atoms with van der Waals surface area (Å²) in [5.41, 5.74) is 1.45. The SMILES string of the molecule is CSc1ccc2[nH]c(C(=O)/C(C#N)=C\N(C)C)cc2c1. The Morgan fingerprint density at radius 3 is 2.75 bits per heavy atom. The van der Waals surface area contributed by atoms with E-state index in [4.69, 9.17) is 5.26 Å². The van der Waals surface area contributed by atoms with E-state index in [9.17, 15) is 4.79 Å². The Morgan fingerprint density at radius 1 is 1.40 bits per heavy atom. The zero-order valence-corrected chi connectivity index (χ0v) is 12.4. The highest BCUT2D eigenvalue weighted by Gasteiger charge is 2.15. The largest absolute Gasteiger partial charge is 0.382 e. The van der Waals surface area contributed by atoms with Crippen molar-refractivity contribution in [3.63, 3.8) is 0 Å². The topological polar surface area (TPSA) is 59.9 Å². The number of H-pyrrole nitrogens is 1. The number of hydrogen-bond donors (Lipinski definition) is 1. The Hall–Kier alpha value is -2.19. The van der Waals surface area contributed by atoms with Crippen LogP contribution in [-0.4, -0.2) is 36.0 Å². The number of nitrogens with zero attached hydrogens (tertiary/aromatic N) is 2. The third-order valence-corrected chi connectivity index (χ3v) is 3.55. The number of ketones is 1. The molecular weight excluding hydrogens is 270 g/mol. The van der Waals surface area contributed by atoms with Gasteiger partial charge in [-0.05, 0) is 30.5 Å². The molecule has 0 amide bonds. The predicted octanol–water partition coefficient (Wildman–Crippen LogP) is 3.04. The van der Waals surface area contributed by atoms with E-state index in [0.717, 1.165) is 15.8 Å². The number of aromatic amines is 1. The van der Waals surface area contributed by atoms with Crippen molar-refractivity contribution < 1.29 is 4.79 Å². The number of benzene rings is 1. The van der Waals surface area contributed by atoms with Gasteiger partial charge in [-0.15, -0.1) is 11.8 Å². The summed E-state index contributed by atoms with van der Waals surface area (Å²) >= 11 is 1.65. The van der Waals surface area contributed by atoms with Crippen LogP contribution in [0.3, 0.4) is 0 Å². The van der Waals surface area contributed by atoms with Gasteiger partial charge in [-0.1, -0.05) is 0 Å². The maximum Gasteiger partial charge on any atom is 0.221 e. The lowest BCUT2D eigenvalue weighted by Gasteiger charge is -2.04. The van der Waals surface area contributed by atoms with Gasteiger partial charge < -0.3 is 9.88 Å². The van der Waals surface area contributed by atoms with Crippen LogP contribution in [0.4, 0.5) is 0 Å². The maximum atomic E-state index is 12.3. The number of hydrogen-bond acceptors (Lipinski definition) is 4. The van der Waals surface area contributed by atoms with E-state index in [-0.39, 0.29) is 11.4 Å². The number of carbonyl (C=O) groups is 1. The van der Waals surface area contributed by atoms with Crippen molar-refractivity contribution in [3.8, 4) is 6.07 Å². The van der Waals surface area contributed by atoms with Gasteiger partial charge in [0.2, 0.25) is 5.78 Å². The molecule has 2 aromatic rings. The lowest BCUT2D eigenvalue weighted by atomic mass is 10.1. The van der Waals surface area contributed by atoms with Gasteiger partial charge in [-0.3, -0.25) is 4.79 Å². The van der Waals surface area contributed by atoms with Gasteiger partial charge in [0.1, 0.15) is 11.6 Å². The summed E-state index contributed by atoms with van der Waals surface area (Å²) in [7, 11) is 3.56. The first-order valence-corrected chi connectivity index (χ1v) is 7.27. The number of nitriles is 1. The molecule has 0 aliphatic carbocycles. The Balaban J connectivity index is 2.43. The van der Waals surface area contributed by atoms with Gasteiger partial charge in [-0.2, -0.15) is 5.26 Å². The number of carbonyl (C=O) groups excluding carboxylic acids is 1. The van der Waals surface area contributed by atoms with E-state index in [1.165, 1.54) is 6.20 Å². The lowest BCUT2D eigenvalue weighted by Crippen LogP contribution is -2.09. The predicted molar refractivity (Wildman–Crippen MR) is 81.8 cm³/mol. The molecular formula is C15H15N3OS. The molecule has 1 N–H and O–H groups in total. The molecule has 2 rings (SSSR count). The average Bonchev–Trinajstić information content (AvgIpc) is 2.86. The van der Waals surface area contributed by atoms with E-state index >= 15 is 0 Å². The Morgan fingerprint density at radius 2 is 2.15 bits per heavy atom. The summed E-state index contributed by atoms with van der Waals surface area (Å²) in [6.45, 7) is 0. The first-order valence-electron chi connectivity index (χ1n) is 6.05. The van der Waals surface area contributed by atoms with Gasteiger partial charge >= 0.3 is 0 Å². The van der Waals surface area contributed by atoms with Crippen LogP contribution in [-0.2, 0) is 0 Å². The number of aromatic nitrogens is 1. The van der Waals surface area contributed by atoms with Crippen LogP contribution in [0.1, 0.15) is 10.5 Å². The number of Topliss-reactive ketones (excluding diaryl/α,β-unsaturated/α-hetero) is 1. The zero-order chi connectivity index (χ0) is 14.7. The van der Waals surface area contributed by atoms with Crippen LogP contribution >= 0.6 is 11.8 Å². The summed E-state index contributed by atoms with van der Waals surface area (Å²) in [4.78, 5) is 18.2. The van der Waals surface area contributed by atoms with Crippen LogP contribution in [0.5, 0.6) is 0 Å². The van der Waals surface area contributed by atoms with Gasteiger partial charge in [0, 0.05) is 36.1 Å². The zero-order valence-electron chi connectivity index (χ0n) is 11.6. The number of fused-ring (bicyclic) bond motifs is 1. The fraction of sp³-hybridized carbons (Fsp3) is 0.200. The third kappa shape index (κ3) is 2.86. The fourth-order valence-electron chi connectivity index (χ4n) is 1.90. The van der Waals surface area contributed by atoms with Gasteiger partial charge in [0.15, 0.2) is 0 Å². The first-order chi connectivity index (χ1) is 9.55. The normalized spacial score (nSPS) is 11.4. The first kappa shape index (κ1) is 14.2. The van der Waals surface area contributed by atoms with Gasteiger partial charge in [-0.25, -0.2) is 0 Å². The molecule has 0 bridgehead atoms. The van der Waals surface area contributed by atoms with Crippen LogP contribution in [0.15, 0.2) is 40.9 Å². The molecule has 4 nitrogen and oxygen atoms in total. The van der Waals surface area contributed by atoms with E-state index in [1.807, 2.05) is 30.5 Å². The molecule has 1 aromatic heterocycles. The summed E-state index contributed by atoms with van der Waals surface area (Å²) < 4.78 is 0. The quantitative estimate of drug-likeness (QED) is 0.406. The second-order valence-electron chi connectivity index (χ2n) is 4.58. The van der Waals surface area contributed by atoms with Crippen molar-refractivity contribution in [3.05, 3.63) is 41.7 Å². The maximum absolute atomic E-state index is 12.3. The van der Waals surface area contributed by atoms with Crippen LogP contribution < -0.4 is 0 Å². The second kappa shape index (κ2) is 5.85. The minimum Gasteiger partial charge on any atom is -0.382 e. The highest BCUT2D eigenvalue weighted by atomic mass is 32.2. The summed E-state index contributed by atoms with van der Waals surface area (Å²) in [5.74, 6) is -0.289. The molecule has 0 fully saturated rings. The van der Waals surface area contributed by atoms with Crippen molar-refractivity contribution in [1.29, 1.82) is 5.26 Å². The molecule has 1 heterocycles. The van der Waals surface area contributed by atoms with Crippen molar-refractivity contribution in [2.45, 2.75) is 4.90 Å². The van der Waals surface area contributed by atoms with E-state index < -0.39 is 0 Å². The molecule has 0 spiro atoms. The van der Waals surface area contributed by atoms with Crippen molar-refractivity contribution >= 4 is 28.4 Å². The number of allylic oxidation sites excluding steroid dienone is 1. The minimum absolute atomic E-state index is 0.117. The Bertz CT molecular complexity index is 722. The molecule has 0 atom stereocenters. The molecule has 0 aliphatic rings. The Labute approximate surface area is 122 Å². The third-order valence-electron chi connectivity index (χ3n) is 2.82. The second-order valence-corrected chi connectivity index (χ2v) is 5.46. The molecule has 1 aromatic carbocycles. The molecule has 102 valence electrons. The summed E-state index contributed by atoms with van der Waals surface area (Å²) in [6, 6.07) is 9.70. The van der Waals surface area contributed by atoms with E-state index in [2.05, 4.69) is 4.98 Å². The molecule has 0 saturated heterocycles. The van der Waals surface area contributed by atoms with Crippen LogP contribution in [0, 0.1) is 11.3 Å². The molecule has 0 saturated carbocycles. The number of thioether (sulfide) groups is 1. The molecule has 5 heteroatoms. The number of rotatable bonds is 4. The standard InChI is InChI=1S/C15H15N3OS/c1-18(2)9-11(8-16)15(19)14-7-10-6-12(20-3)4-5-13(10)17-14/h4-7,9,17H,1-3H3/b11-9-. The molecule has 0 radical (unpaired) electrons. The fourth-order valence-corrected chi connectivity index (χ4v) is 2.35. The molecule has 20 heavy (non-hydrogen) atoms. The monoisotopic (exact) mass is 285 g/mol. The van der Waals surface area contributed by atoms with Crippen molar-refractivity contribution in [1.82, 2.24) is 9.88 Å². The van der Waals surface area contributed by atoms with Crippen molar-refractivity contribution in [2.75, 3.05) is 20.4 Å². The van der Waals surface area contributed by atoms with E-state index in [1.54, 1.807) is 36.8 Å². The lowest BCUT2D eigenvalue weighted by molar-refractivity contribution is 0.103. The smallest absolute Gasteiger partial charge is 0.221 e. The van der Waals surface area contributed by atoms with Gasteiger partial charge in [0.05, 0.1) is 5.69 Å². The van der Waals surface area contributed by atoms with Gasteiger partial charge in [0.25, 0.3) is 0 Å². The minimum atomic E-state index is -0.289. The Kier molecular flexibility index (Phi) is 4.16. The van der Waals surface area contributed by atoms with Crippen LogP contribution in [0.25, 0.3) is 10.9 Å². The highest BCUT2D eigenvalue weighted by Crippen LogP contribution is 2.23.